The maximum Gasteiger partial charge on any atom is 0.270 e. The number of nitrogens with one attached hydrogen (secondary N) is 2. The molecule has 2 aromatic heterocycles. The smallest absolute Gasteiger partial charge is 0.270 e. The minimum absolute atomic E-state index is 0.0373. The summed E-state index contributed by atoms with van der Waals surface area (Å²) < 4.78 is 2.37. The molecule has 3 heterocycles. The second kappa shape index (κ2) is 5.53. The van der Waals surface area contributed by atoms with E-state index < -0.39 is 0 Å². The number of fused-ring (bicyclic) bond motifs is 4. The topological polar surface area (TPSA) is 54.0 Å². The normalized spacial score (nSPS) is 26.1. The minimum Gasteiger partial charge on any atom is -0.348 e. The molecule has 0 bridgehead atoms. The summed E-state index contributed by atoms with van der Waals surface area (Å²) in [7, 11) is 0. The predicted octanol–water partition coefficient (Wildman–Crippen LogP) is 3.32. The van der Waals surface area contributed by atoms with Gasteiger partial charge in [0.2, 0.25) is 0 Å². The zero-order valence-electron chi connectivity index (χ0n) is 13.3. The fourth-order valence-corrected chi connectivity index (χ4v) is 5.13. The monoisotopic (exact) mass is 337 g/mol. The first-order valence-corrected chi connectivity index (χ1v) is 9.43. The molecule has 1 amide bonds. The van der Waals surface area contributed by atoms with Gasteiger partial charge < -0.3 is 10.6 Å². The predicted molar refractivity (Wildman–Crippen MR) is 97.5 cm³/mol. The van der Waals surface area contributed by atoms with Gasteiger partial charge in [0.1, 0.15) is 5.69 Å². The second-order valence-corrected chi connectivity index (χ2v) is 7.92. The number of pyridine rings is 1. The fourth-order valence-electron chi connectivity index (χ4n) is 4.08. The van der Waals surface area contributed by atoms with Crippen LogP contribution in [-0.4, -0.2) is 29.5 Å². The lowest BCUT2D eigenvalue weighted by molar-refractivity contribution is 0.0794. The molecule has 3 aromatic rings. The average Bonchev–Trinajstić information content (AvgIpc) is 2.94. The fraction of sp³-hybridized carbons (Fsp3) is 0.368. The molecule has 2 aliphatic rings. The Morgan fingerprint density at radius 2 is 2.08 bits per heavy atom. The number of aromatic nitrogens is 1. The molecule has 1 aliphatic carbocycles. The summed E-state index contributed by atoms with van der Waals surface area (Å²) in [6.45, 7) is 0.994. The number of piperidine rings is 1. The molecule has 5 heteroatoms. The molecule has 1 aliphatic heterocycles. The Balaban J connectivity index is 1.45. The quantitative estimate of drug-likeness (QED) is 0.754. The van der Waals surface area contributed by atoms with Gasteiger partial charge in [0.05, 0.1) is 4.70 Å². The van der Waals surface area contributed by atoms with Crippen LogP contribution in [0.25, 0.3) is 20.2 Å². The van der Waals surface area contributed by atoms with E-state index in [9.17, 15) is 4.79 Å². The third kappa shape index (κ3) is 2.23. The van der Waals surface area contributed by atoms with Crippen LogP contribution in [0.3, 0.4) is 0 Å². The van der Waals surface area contributed by atoms with Crippen LogP contribution in [-0.2, 0) is 0 Å². The number of benzene rings is 1. The molecule has 3 atom stereocenters. The number of thiophene rings is 1. The van der Waals surface area contributed by atoms with E-state index >= 15 is 0 Å². The van der Waals surface area contributed by atoms with Crippen LogP contribution < -0.4 is 10.6 Å². The van der Waals surface area contributed by atoms with Crippen molar-refractivity contribution in [2.24, 2.45) is 5.92 Å². The third-order valence-corrected chi connectivity index (χ3v) is 6.64. The molecule has 5 rings (SSSR count). The summed E-state index contributed by atoms with van der Waals surface area (Å²) in [5, 5.41) is 9.10. The molecule has 4 nitrogen and oxygen atoms in total. The van der Waals surface area contributed by atoms with Crippen LogP contribution in [0.1, 0.15) is 29.8 Å². The Bertz CT molecular complexity index is 935. The SMILES string of the molecule is O=C(N[C@@H]1CCNC2CCC21)c1cc2c(cn1)sc1ccccc12. The molecule has 0 spiro atoms. The van der Waals surface area contributed by atoms with Crippen LogP contribution >= 0.6 is 11.3 Å². The Kier molecular flexibility index (Phi) is 3.31. The van der Waals surface area contributed by atoms with E-state index in [1.807, 2.05) is 24.4 Å². The molecule has 1 aromatic carbocycles. The maximum absolute atomic E-state index is 12.7. The van der Waals surface area contributed by atoms with Crippen molar-refractivity contribution in [2.75, 3.05) is 6.54 Å². The summed E-state index contributed by atoms with van der Waals surface area (Å²) in [5.74, 6) is 0.554. The molecule has 2 fully saturated rings. The summed E-state index contributed by atoms with van der Waals surface area (Å²) in [6.07, 6.45) is 5.30. The number of hydrogen-bond donors (Lipinski definition) is 2. The lowest BCUT2D eigenvalue weighted by Gasteiger charge is -2.46. The minimum atomic E-state index is -0.0373. The summed E-state index contributed by atoms with van der Waals surface area (Å²) in [4.78, 5) is 17.1. The van der Waals surface area contributed by atoms with Crippen molar-refractivity contribution in [1.82, 2.24) is 15.6 Å². The van der Waals surface area contributed by atoms with E-state index in [2.05, 4.69) is 27.8 Å². The zero-order chi connectivity index (χ0) is 16.1. The van der Waals surface area contributed by atoms with E-state index in [1.54, 1.807) is 11.3 Å². The standard InChI is InChI=1S/C19H19N3OS/c23-19(22-15-7-8-20-14-6-5-12(14)15)16-9-13-11-3-1-2-4-17(11)24-18(13)10-21-16/h1-4,9-10,12,14-15,20H,5-8H2,(H,22,23)/t12?,14?,15-/m1/s1. The molecule has 0 radical (unpaired) electrons. The second-order valence-electron chi connectivity index (χ2n) is 6.83. The van der Waals surface area contributed by atoms with E-state index in [1.165, 1.54) is 22.9 Å². The Hall–Kier alpha value is -1.98. The van der Waals surface area contributed by atoms with E-state index in [4.69, 9.17) is 0 Å². The van der Waals surface area contributed by atoms with Gasteiger partial charge in [0, 0.05) is 33.8 Å². The van der Waals surface area contributed by atoms with Gasteiger partial charge in [-0.15, -0.1) is 11.3 Å². The van der Waals surface area contributed by atoms with Gasteiger partial charge in [-0.05, 0) is 43.9 Å². The summed E-state index contributed by atoms with van der Waals surface area (Å²) in [6, 6.07) is 11.1. The molecule has 1 saturated heterocycles. The Morgan fingerprint density at radius 3 is 2.96 bits per heavy atom. The first-order valence-electron chi connectivity index (χ1n) is 8.61. The van der Waals surface area contributed by atoms with E-state index in [0.29, 0.717) is 17.7 Å². The van der Waals surface area contributed by atoms with Gasteiger partial charge in [0.15, 0.2) is 0 Å². The highest BCUT2D eigenvalue weighted by Gasteiger charge is 2.40. The first kappa shape index (κ1) is 14.4. The number of carbonyl (C=O) groups excluding carboxylic acids is 1. The van der Waals surface area contributed by atoms with Gasteiger partial charge in [-0.1, -0.05) is 18.2 Å². The highest BCUT2D eigenvalue weighted by Crippen LogP contribution is 2.35. The van der Waals surface area contributed by atoms with E-state index in [-0.39, 0.29) is 11.9 Å². The van der Waals surface area contributed by atoms with Crippen molar-refractivity contribution in [1.29, 1.82) is 0 Å². The molecule has 2 N–H and O–H groups in total. The van der Waals surface area contributed by atoms with Crippen molar-refractivity contribution in [2.45, 2.75) is 31.3 Å². The molecular formula is C19H19N3OS. The molecule has 2 unspecified atom stereocenters. The molecule has 24 heavy (non-hydrogen) atoms. The van der Waals surface area contributed by atoms with Crippen molar-refractivity contribution >= 4 is 37.4 Å². The van der Waals surface area contributed by atoms with Crippen LogP contribution in [0.15, 0.2) is 36.5 Å². The van der Waals surface area contributed by atoms with Crippen molar-refractivity contribution < 1.29 is 4.79 Å². The van der Waals surface area contributed by atoms with Crippen LogP contribution in [0.5, 0.6) is 0 Å². The van der Waals surface area contributed by atoms with Gasteiger partial charge in [0.25, 0.3) is 5.91 Å². The number of nitrogens with zero attached hydrogens (tertiary/aromatic N) is 1. The zero-order valence-corrected chi connectivity index (χ0v) is 14.1. The number of rotatable bonds is 2. The highest BCUT2D eigenvalue weighted by molar-refractivity contribution is 7.25. The van der Waals surface area contributed by atoms with Crippen LogP contribution in [0, 0.1) is 5.92 Å². The summed E-state index contributed by atoms with van der Waals surface area (Å²) in [5.41, 5.74) is 0.528. The summed E-state index contributed by atoms with van der Waals surface area (Å²) >= 11 is 1.73. The first-order chi connectivity index (χ1) is 11.8. The van der Waals surface area contributed by atoms with Gasteiger partial charge in [-0.25, -0.2) is 4.98 Å². The highest BCUT2D eigenvalue weighted by atomic mass is 32.1. The van der Waals surface area contributed by atoms with Gasteiger partial charge in [-0.3, -0.25) is 4.79 Å². The van der Waals surface area contributed by atoms with Crippen LogP contribution in [0.2, 0.25) is 0 Å². The maximum atomic E-state index is 12.7. The van der Waals surface area contributed by atoms with Gasteiger partial charge >= 0.3 is 0 Å². The lowest BCUT2D eigenvalue weighted by atomic mass is 9.71. The van der Waals surface area contributed by atoms with Gasteiger partial charge in [-0.2, -0.15) is 0 Å². The van der Waals surface area contributed by atoms with Crippen molar-refractivity contribution in [3.05, 3.63) is 42.2 Å². The van der Waals surface area contributed by atoms with Crippen molar-refractivity contribution in [3.63, 3.8) is 0 Å². The molecule has 1 saturated carbocycles. The van der Waals surface area contributed by atoms with Crippen LogP contribution in [0.4, 0.5) is 0 Å². The number of carbonyl (C=O) groups is 1. The number of hydrogen-bond acceptors (Lipinski definition) is 4. The Labute approximate surface area is 144 Å². The number of amides is 1. The lowest BCUT2D eigenvalue weighted by Crippen LogP contribution is -2.59. The average molecular weight is 337 g/mol. The Morgan fingerprint density at radius 1 is 1.17 bits per heavy atom. The molecule has 122 valence electrons. The van der Waals surface area contributed by atoms with Crippen molar-refractivity contribution in [3.8, 4) is 0 Å². The largest absolute Gasteiger partial charge is 0.348 e. The third-order valence-electron chi connectivity index (χ3n) is 5.52. The van der Waals surface area contributed by atoms with E-state index in [0.717, 1.165) is 23.1 Å². The molecular weight excluding hydrogens is 318 g/mol.